The lowest BCUT2D eigenvalue weighted by Gasteiger charge is -2.06. The van der Waals surface area contributed by atoms with Crippen molar-refractivity contribution < 1.29 is 4.74 Å². The fourth-order valence-corrected chi connectivity index (χ4v) is 1.44. The summed E-state index contributed by atoms with van der Waals surface area (Å²) in [6, 6.07) is 9.03. The number of nitrogen functional groups attached to an aromatic ring is 1. The molecule has 0 radical (unpaired) electrons. The maximum absolute atomic E-state index is 5.62. The Hall–Kier alpha value is -1.55. The Morgan fingerprint density at radius 2 is 1.87 bits per heavy atom. The molecule has 1 aromatic carbocycles. The maximum Gasteiger partial charge on any atom is 0.144 e. The van der Waals surface area contributed by atoms with Gasteiger partial charge in [-0.25, -0.2) is 0 Å². The van der Waals surface area contributed by atoms with Crippen molar-refractivity contribution in [3.8, 4) is 11.5 Å². The van der Waals surface area contributed by atoms with Crippen molar-refractivity contribution in [2.75, 3.05) is 5.73 Å². The third-order valence-electron chi connectivity index (χ3n) is 1.84. The molecule has 4 heteroatoms. The van der Waals surface area contributed by atoms with E-state index < -0.39 is 0 Å². The summed E-state index contributed by atoms with van der Waals surface area (Å²) in [6.07, 6.45) is 3.37. The Labute approximate surface area is 96.0 Å². The highest BCUT2D eigenvalue weighted by Crippen LogP contribution is 2.28. The van der Waals surface area contributed by atoms with E-state index in [1.807, 2.05) is 12.1 Å². The van der Waals surface area contributed by atoms with E-state index in [0.717, 1.165) is 21.7 Å². The van der Waals surface area contributed by atoms with Crippen LogP contribution in [-0.2, 0) is 0 Å². The molecule has 15 heavy (non-hydrogen) atoms. The standard InChI is InChI=1S/C11H9BrN2O/c12-10-7-14-6-5-11(10)15-9-3-1-8(13)2-4-9/h1-7H,13H2. The van der Waals surface area contributed by atoms with Crippen LogP contribution in [0.2, 0.25) is 0 Å². The summed E-state index contributed by atoms with van der Waals surface area (Å²) in [5.41, 5.74) is 6.29. The maximum atomic E-state index is 5.62. The molecule has 0 aliphatic rings. The Bertz CT molecular complexity index is 456. The molecule has 2 N–H and O–H groups in total. The van der Waals surface area contributed by atoms with Crippen LogP contribution in [0.15, 0.2) is 47.2 Å². The minimum Gasteiger partial charge on any atom is -0.456 e. The highest BCUT2D eigenvalue weighted by atomic mass is 79.9. The summed E-state index contributed by atoms with van der Waals surface area (Å²) in [6.45, 7) is 0. The Kier molecular flexibility index (Phi) is 2.87. The highest BCUT2D eigenvalue weighted by Gasteiger charge is 2.01. The van der Waals surface area contributed by atoms with Gasteiger partial charge in [0.1, 0.15) is 11.5 Å². The van der Waals surface area contributed by atoms with E-state index >= 15 is 0 Å². The molecule has 0 saturated heterocycles. The largest absolute Gasteiger partial charge is 0.456 e. The summed E-state index contributed by atoms with van der Waals surface area (Å²) in [5.74, 6) is 1.48. The fraction of sp³-hybridized carbons (Fsp3) is 0. The van der Waals surface area contributed by atoms with Crippen LogP contribution >= 0.6 is 15.9 Å². The van der Waals surface area contributed by atoms with Crippen LogP contribution in [0.1, 0.15) is 0 Å². The molecule has 0 aliphatic heterocycles. The van der Waals surface area contributed by atoms with Crippen LogP contribution < -0.4 is 10.5 Å². The summed E-state index contributed by atoms with van der Waals surface area (Å²) in [7, 11) is 0. The lowest BCUT2D eigenvalue weighted by atomic mass is 10.3. The van der Waals surface area contributed by atoms with Gasteiger partial charge in [-0.05, 0) is 40.2 Å². The van der Waals surface area contributed by atoms with Gasteiger partial charge in [-0.3, -0.25) is 4.98 Å². The molecule has 3 nitrogen and oxygen atoms in total. The predicted molar refractivity (Wildman–Crippen MR) is 62.9 cm³/mol. The molecule has 2 rings (SSSR count). The van der Waals surface area contributed by atoms with Crippen molar-refractivity contribution in [1.29, 1.82) is 0 Å². The number of halogens is 1. The van der Waals surface area contributed by atoms with Crippen LogP contribution in [0.3, 0.4) is 0 Å². The minimum absolute atomic E-state index is 0.719. The molecule has 0 bridgehead atoms. The molecule has 0 atom stereocenters. The molecule has 0 saturated carbocycles. The third-order valence-corrected chi connectivity index (χ3v) is 2.44. The van der Waals surface area contributed by atoms with Gasteiger partial charge in [0, 0.05) is 24.1 Å². The van der Waals surface area contributed by atoms with E-state index in [1.54, 1.807) is 30.6 Å². The number of nitrogens with zero attached hydrogens (tertiary/aromatic N) is 1. The smallest absolute Gasteiger partial charge is 0.144 e. The van der Waals surface area contributed by atoms with Crippen molar-refractivity contribution in [2.45, 2.75) is 0 Å². The normalized spacial score (nSPS) is 9.93. The second-order valence-corrected chi connectivity index (χ2v) is 3.83. The van der Waals surface area contributed by atoms with Gasteiger partial charge in [0.15, 0.2) is 0 Å². The zero-order chi connectivity index (χ0) is 10.7. The molecular formula is C11H9BrN2O. The first kappa shape index (κ1) is 9.98. The molecule has 76 valence electrons. The van der Waals surface area contributed by atoms with E-state index in [1.165, 1.54) is 0 Å². The van der Waals surface area contributed by atoms with Gasteiger partial charge in [0.2, 0.25) is 0 Å². The van der Waals surface area contributed by atoms with Gasteiger partial charge in [-0.1, -0.05) is 0 Å². The Morgan fingerprint density at radius 3 is 2.53 bits per heavy atom. The zero-order valence-electron chi connectivity index (χ0n) is 7.85. The zero-order valence-corrected chi connectivity index (χ0v) is 9.44. The van der Waals surface area contributed by atoms with Crippen molar-refractivity contribution in [1.82, 2.24) is 4.98 Å². The number of rotatable bonds is 2. The van der Waals surface area contributed by atoms with E-state index in [9.17, 15) is 0 Å². The van der Waals surface area contributed by atoms with E-state index in [-0.39, 0.29) is 0 Å². The molecule has 1 heterocycles. The topological polar surface area (TPSA) is 48.1 Å². The number of nitrogens with two attached hydrogens (primary N) is 1. The average molecular weight is 265 g/mol. The second kappa shape index (κ2) is 4.31. The Balaban J connectivity index is 2.22. The first-order chi connectivity index (χ1) is 7.25. The van der Waals surface area contributed by atoms with Crippen molar-refractivity contribution in [3.05, 3.63) is 47.2 Å². The lowest BCUT2D eigenvalue weighted by molar-refractivity contribution is 0.479. The third kappa shape index (κ3) is 2.47. The number of ether oxygens (including phenoxy) is 1. The first-order valence-corrected chi connectivity index (χ1v) is 5.18. The number of hydrogen-bond acceptors (Lipinski definition) is 3. The molecule has 0 spiro atoms. The van der Waals surface area contributed by atoms with Gasteiger partial charge < -0.3 is 10.5 Å². The quantitative estimate of drug-likeness (QED) is 0.848. The first-order valence-electron chi connectivity index (χ1n) is 4.38. The number of anilines is 1. The molecule has 2 aromatic rings. The summed E-state index contributed by atoms with van der Waals surface area (Å²) >= 11 is 3.36. The lowest BCUT2D eigenvalue weighted by Crippen LogP contribution is -1.87. The summed E-state index contributed by atoms with van der Waals surface area (Å²) < 4.78 is 6.44. The van der Waals surface area contributed by atoms with Gasteiger partial charge >= 0.3 is 0 Å². The molecule has 1 aromatic heterocycles. The minimum atomic E-state index is 0.719. The van der Waals surface area contributed by atoms with Gasteiger partial charge in [0.05, 0.1) is 4.47 Å². The van der Waals surface area contributed by atoms with E-state index in [2.05, 4.69) is 20.9 Å². The van der Waals surface area contributed by atoms with Crippen LogP contribution in [0.5, 0.6) is 11.5 Å². The summed E-state index contributed by atoms with van der Waals surface area (Å²) in [4.78, 5) is 3.95. The second-order valence-electron chi connectivity index (χ2n) is 2.98. The van der Waals surface area contributed by atoms with Crippen molar-refractivity contribution in [2.24, 2.45) is 0 Å². The van der Waals surface area contributed by atoms with Crippen molar-refractivity contribution >= 4 is 21.6 Å². The number of benzene rings is 1. The van der Waals surface area contributed by atoms with Crippen LogP contribution in [0.25, 0.3) is 0 Å². The molecule has 0 unspecified atom stereocenters. The van der Waals surface area contributed by atoms with Gasteiger partial charge in [-0.2, -0.15) is 0 Å². The summed E-state index contributed by atoms with van der Waals surface area (Å²) in [5, 5.41) is 0. The van der Waals surface area contributed by atoms with Crippen LogP contribution in [0.4, 0.5) is 5.69 Å². The SMILES string of the molecule is Nc1ccc(Oc2ccncc2Br)cc1. The number of pyridine rings is 1. The monoisotopic (exact) mass is 264 g/mol. The molecule has 0 fully saturated rings. The van der Waals surface area contributed by atoms with Gasteiger partial charge in [0.25, 0.3) is 0 Å². The predicted octanol–water partition coefficient (Wildman–Crippen LogP) is 3.22. The van der Waals surface area contributed by atoms with Gasteiger partial charge in [-0.15, -0.1) is 0 Å². The molecular weight excluding hydrogens is 256 g/mol. The number of hydrogen-bond donors (Lipinski definition) is 1. The van der Waals surface area contributed by atoms with Crippen LogP contribution in [0, 0.1) is 0 Å². The van der Waals surface area contributed by atoms with Crippen LogP contribution in [-0.4, -0.2) is 4.98 Å². The fourth-order valence-electron chi connectivity index (χ4n) is 1.11. The highest BCUT2D eigenvalue weighted by molar-refractivity contribution is 9.10. The number of aromatic nitrogens is 1. The van der Waals surface area contributed by atoms with E-state index in [0.29, 0.717) is 0 Å². The molecule has 0 amide bonds. The van der Waals surface area contributed by atoms with E-state index in [4.69, 9.17) is 10.5 Å². The van der Waals surface area contributed by atoms with Crippen molar-refractivity contribution in [3.63, 3.8) is 0 Å². The average Bonchev–Trinajstić information content (AvgIpc) is 2.25. The molecule has 0 aliphatic carbocycles. The Morgan fingerprint density at radius 1 is 1.13 bits per heavy atom.